The third-order valence-corrected chi connectivity index (χ3v) is 4.28. The van der Waals surface area contributed by atoms with Gasteiger partial charge in [0.05, 0.1) is 6.04 Å². The van der Waals surface area contributed by atoms with Crippen molar-refractivity contribution in [1.29, 1.82) is 0 Å². The van der Waals surface area contributed by atoms with E-state index in [2.05, 4.69) is 5.32 Å². The first kappa shape index (κ1) is 12.3. The number of hydrogen-bond donors (Lipinski definition) is 2. The fourth-order valence-electron chi connectivity index (χ4n) is 2.06. The summed E-state index contributed by atoms with van der Waals surface area (Å²) >= 11 is 1.85. The third kappa shape index (κ3) is 2.94. The molecule has 0 spiro atoms. The van der Waals surface area contributed by atoms with Crippen LogP contribution in [0.15, 0.2) is 24.3 Å². The van der Waals surface area contributed by atoms with E-state index in [9.17, 15) is 4.79 Å². The van der Waals surface area contributed by atoms with E-state index in [4.69, 9.17) is 5.73 Å². The van der Waals surface area contributed by atoms with Gasteiger partial charge in [-0.15, -0.1) is 0 Å². The molecule has 0 aliphatic carbocycles. The highest BCUT2D eigenvalue weighted by Crippen LogP contribution is 2.25. The minimum absolute atomic E-state index is 0.0192. The lowest BCUT2D eigenvalue weighted by atomic mass is 10.0. The summed E-state index contributed by atoms with van der Waals surface area (Å²) in [6, 6.07) is 7.66. The number of nitrogens with one attached hydrogen (secondary N) is 1. The van der Waals surface area contributed by atoms with E-state index in [-0.39, 0.29) is 17.9 Å². The topological polar surface area (TPSA) is 55.1 Å². The minimum Gasteiger partial charge on any atom is -0.398 e. The van der Waals surface area contributed by atoms with Gasteiger partial charge in [0.1, 0.15) is 0 Å². The zero-order valence-electron chi connectivity index (χ0n) is 9.98. The van der Waals surface area contributed by atoms with Crippen LogP contribution in [-0.4, -0.2) is 17.4 Å². The molecule has 1 aliphatic rings. The number of benzene rings is 1. The molecule has 1 aromatic carbocycles. The van der Waals surface area contributed by atoms with Crippen LogP contribution >= 0.6 is 11.8 Å². The largest absolute Gasteiger partial charge is 0.398 e. The van der Waals surface area contributed by atoms with E-state index in [0.29, 0.717) is 0 Å². The maximum Gasteiger partial charge on any atom is 0.224 e. The van der Waals surface area contributed by atoms with Gasteiger partial charge < -0.3 is 11.1 Å². The van der Waals surface area contributed by atoms with Gasteiger partial charge in [0, 0.05) is 17.4 Å². The molecule has 3 nitrogen and oxygen atoms in total. The Morgan fingerprint density at radius 2 is 2.29 bits per heavy atom. The Labute approximate surface area is 106 Å². The number of amides is 1. The first-order valence-corrected chi connectivity index (χ1v) is 7.06. The lowest BCUT2D eigenvalue weighted by Crippen LogP contribution is -2.33. The van der Waals surface area contributed by atoms with E-state index < -0.39 is 0 Å². The van der Waals surface area contributed by atoms with Crippen LogP contribution in [0.2, 0.25) is 0 Å². The van der Waals surface area contributed by atoms with E-state index >= 15 is 0 Å². The van der Waals surface area contributed by atoms with Crippen molar-refractivity contribution in [2.45, 2.75) is 19.4 Å². The molecular weight excluding hydrogens is 232 g/mol. The average Bonchev–Trinajstić information content (AvgIpc) is 2.82. The molecule has 1 fully saturated rings. The minimum atomic E-state index is -0.0192. The maximum absolute atomic E-state index is 12.0. The zero-order chi connectivity index (χ0) is 12.3. The number of thioether (sulfide) groups is 1. The number of nitrogens with two attached hydrogens (primary N) is 1. The van der Waals surface area contributed by atoms with E-state index in [1.807, 2.05) is 43.0 Å². The normalized spacial score (nSPS) is 21.1. The van der Waals surface area contributed by atoms with Gasteiger partial charge in [0.15, 0.2) is 0 Å². The number of rotatable bonds is 3. The van der Waals surface area contributed by atoms with Crippen molar-refractivity contribution in [2.24, 2.45) is 5.92 Å². The second-order valence-corrected chi connectivity index (χ2v) is 5.57. The summed E-state index contributed by atoms with van der Waals surface area (Å²) in [5.41, 5.74) is 7.62. The molecule has 17 heavy (non-hydrogen) atoms. The first-order chi connectivity index (χ1) is 8.18. The highest BCUT2D eigenvalue weighted by molar-refractivity contribution is 7.99. The van der Waals surface area contributed by atoms with Crippen LogP contribution in [0.5, 0.6) is 0 Å². The SMILES string of the molecule is CC(NC(=O)C1CCSC1)c1ccccc1N. The summed E-state index contributed by atoms with van der Waals surface area (Å²) in [5, 5.41) is 3.05. The van der Waals surface area contributed by atoms with Crippen molar-refractivity contribution in [1.82, 2.24) is 5.32 Å². The lowest BCUT2D eigenvalue weighted by molar-refractivity contribution is -0.124. The Morgan fingerprint density at radius 3 is 2.94 bits per heavy atom. The monoisotopic (exact) mass is 250 g/mol. The molecule has 92 valence electrons. The standard InChI is InChI=1S/C13H18N2OS/c1-9(11-4-2-3-5-12(11)14)15-13(16)10-6-7-17-8-10/h2-5,9-10H,6-8,14H2,1H3,(H,15,16). The number of carbonyl (C=O) groups is 1. The first-order valence-electron chi connectivity index (χ1n) is 5.91. The van der Waals surface area contributed by atoms with Crippen LogP contribution in [0, 0.1) is 5.92 Å². The molecule has 0 saturated carbocycles. The average molecular weight is 250 g/mol. The highest BCUT2D eigenvalue weighted by Gasteiger charge is 2.24. The quantitative estimate of drug-likeness (QED) is 0.809. The summed E-state index contributed by atoms with van der Waals surface area (Å²) in [7, 11) is 0. The van der Waals surface area contributed by atoms with E-state index in [0.717, 1.165) is 29.2 Å². The summed E-state index contributed by atoms with van der Waals surface area (Å²) in [4.78, 5) is 12.0. The Morgan fingerprint density at radius 1 is 1.53 bits per heavy atom. The zero-order valence-corrected chi connectivity index (χ0v) is 10.8. The van der Waals surface area contributed by atoms with Gasteiger partial charge in [-0.1, -0.05) is 18.2 Å². The summed E-state index contributed by atoms with van der Waals surface area (Å²) in [6.45, 7) is 1.98. The molecule has 0 bridgehead atoms. The number of para-hydroxylation sites is 1. The van der Waals surface area contributed by atoms with Crippen LogP contribution in [0.3, 0.4) is 0 Å². The number of nitrogen functional groups attached to an aromatic ring is 1. The molecule has 1 aromatic rings. The molecule has 2 unspecified atom stereocenters. The lowest BCUT2D eigenvalue weighted by Gasteiger charge is -2.18. The van der Waals surface area contributed by atoms with Crippen molar-refractivity contribution in [2.75, 3.05) is 17.2 Å². The Kier molecular flexibility index (Phi) is 3.94. The second kappa shape index (κ2) is 5.45. The van der Waals surface area contributed by atoms with Crippen molar-refractivity contribution in [3.63, 3.8) is 0 Å². The molecule has 2 rings (SSSR count). The molecule has 0 aromatic heterocycles. The van der Waals surface area contributed by atoms with Crippen LogP contribution in [0.25, 0.3) is 0 Å². The predicted octanol–water partition coefficient (Wildman–Crippen LogP) is 2.20. The fourth-order valence-corrected chi connectivity index (χ4v) is 3.28. The van der Waals surface area contributed by atoms with Crippen LogP contribution in [0.4, 0.5) is 5.69 Å². The summed E-state index contributed by atoms with van der Waals surface area (Å²) in [5.74, 6) is 2.38. The van der Waals surface area contributed by atoms with Crippen molar-refractivity contribution >= 4 is 23.4 Å². The van der Waals surface area contributed by atoms with Gasteiger partial charge in [-0.05, 0) is 30.7 Å². The molecular formula is C13H18N2OS. The van der Waals surface area contributed by atoms with Crippen molar-refractivity contribution in [3.05, 3.63) is 29.8 Å². The van der Waals surface area contributed by atoms with Crippen LogP contribution in [-0.2, 0) is 4.79 Å². The fraction of sp³-hybridized carbons (Fsp3) is 0.462. The molecule has 2 atom stereocenters. The van der Waals surface area contributed by atoms with Crippen LogP contribution < -0.4 is 11.1 Å². The van der Waals surface area contributed by atoms with Gasteiger partial charge in [-0.25, -0.2) is 0 Å². The van der Waals surface area contributed by atoms with E-state index in [1.165, 1.54) is 0 Å². The van der Waals surface area contributed by atoms with Crippen LogP contribution in [0.1, 0.15) is 24.9 Å². The van der Waals surface area contributed by atoms with Gasteiger partial charge in [-0.2, -0.15) is 11.8 Å². The highest BCUT2D eigenvalue weighted by atomic mass is 32.2. The van der Waals surface area contributed by atoms with E-state index in [1.54, 1.807) is 0 Å². The van der Waals surface area contributed by atoms with Gasteiger partial charge in [-0.3, -0.25) is 4.79 Å². The smallest absolute Gasteiger partial charge is 0.224 e. The third-order valence-electron chi connectivity index (χ3n) is 3.12. The summed E-state index contributed by atoms with van der Waals surface area (Å²) in [6.07, 6.45) is 0.994. The number of hydrogen-bond acceptors (Lipinski definition) is 3. The predicted molar refractivity (Wildman–Crippen MR) is 72.8 cm³/mol. The number of carbonyl (C=O) groups excluding carboxylic acids is 1. The molecule has 1 amide bonds. The molecule has 1 saturated heterocycles. The number of anilines is 1. The molecule has 1 heterocycles. The maximum atomic E-state index is 12.0. The molecule has 0 radical (unpaired) electrons. The Bertz CT molecular complexity index is 402. The Balaban J connectivity index is 1.99. The summed E-state index contributed by atoms with van der Waals surface area (Å²) < 4.78 is 0. The van der Waals surface area contributed by atoms with Crippen molar-refractivity contribution < 1.29 is 4.79 Å². The molecule has 3 N–H and O–H groups in total. The van der Waals surface area contributed by atoms with Gasteiger partial charge in [0.2, 0.25) is 5.91 Å². The molecule has 4 heteroatoms. The second-order valence-electron chi connectivity index (χ2n) is 4.42. The van der Waals surface area contributed by atoms with Gasteiger partial charge in [0.25, 0.3) is 0 Å². The van der Waals surface area contributed by atoms with Gasteiger partial charge >= 0.3 is 0 Å². The molecule has 1 aliphatic heterocycles. The van der Waals surface area contributed by atoms with Crippen molar-refractivity contribution in [3.8, 4) is 0 Å². The Hall–Kier alpha value is -1.16.